The van der Waals surface area contributed by atoms with E-state index in [0.717, 1.165) is 20.9 Å². The molecule has 0 bridgehead atoms. The van der Waals surface area contributed by atoms with Crippen molar-refractivity contribution in [3.63, 3.8) is 0 Å². The van der Waals surface area contributed by atoms with Gasteiger partial charge in [-0.1, -0.05) is 15.9 Å². The summed E-state index contributed by atoms with van der Waals surface area (Å²) in [6, 6.07) is 4.08. The highest BCUT2D eigenvalue weighted by atomic mass is 79.9. The summed E-state index contributed by atoms with van der Waals surface area (Å²) in [7, 11) is 0. The van der Waals surface area contributed by atoms with Crippen LogP contribution in [0.3, 0.4) is 0 Å². The Hall–Kier alpha value is -0.870. The lowest BCUT2D eigenvalue weighted by Gasteiger charge is -2.09. The molecule has 0 aliphatic carbocycles. The Balaban J connectivity index is 2.09. The number of ether oxygens (including phenoxy) is 1. The Morgan fingerprint density at radius 1 is 1.24 bits per heavy atom. The van der Waals surface area contributed by atoms with Crippen LogP contribution in [-0.4, -0.2) is 4.98 Å². The number of benzene rings is 1. The first-order valence-electron chi connectivity index (χ1n) is 5.37. The molecule has 0 unspecified atom stereocenters. The minimum absolute atomic E-state index is 0.533. The quantitative estimate of drug-likeness (QED) is 0.837. The molecule has 2 aromatic rings. The molecular weight excluding hydrogens is 298 g/mol. The lowest BCUT2D eigenvalue weighted by Crippen LogP contribution is -1.97. The van der Waals surface area contributed by atoms with E-state index in [1.807, 2.05) is 24.4 Å². The maximum Gasteiger partial charge on any atom is 0.131 e. The van der Waals surface area contributed by atoms with Crippen molar-refractivity contribution >= 4 is 27.3 Å². The molecule has 1 aromatic carbocycles. The van der Waals surface area contributed by atoms with Crippen molar-refractivity contribution in [1.82, 2.24) is 4.98 Å². The molecule has 0 saturated heterocycles. The van der Waals surface area contributed by atoms with Crippen molar-refractivity contribution in [2.75, 3.05) is 0 Å². The number of hydrogen-bond acceptors (Lipinski definition) is 3. The molecule has 1 heterocycles. The predicted molar refractivity (Wildman–Crippen MR) is 74.8 cm³/mol. The Kier molecular flexibility index (Phi) is 3.84. The largest absolute Gasteiger partial charge is 0.487 e. The van der Waals surface area contributed by atoms with E-state index in [9.17, 15) is 0 Å². The van der Waals surface area contributed by atoms with Crippen molar-refractivity contribution < 1.29 is 4.74 Å². The van der Waals surface area contributed by atoms with Crippen LogP contribution < -0.4 is 4.74 Å². The van der Waals surface area contributed by atoms with Crippen LogP contribution in [0.2, 0.25) is 0 Å². The van der Waals surface area contributed by atoms with Gasteiger partial charge in [-0.05, 0) is 44.0 Å². The van der Waals surface area contributed by atoms with Gasteiger partial charge in [-0.25, -0.2) is 4.98 Å². The highest BCUT2D eigenvalue weighted by Crippen LogP contribution is 2.26. The molecule has 0 spiro atoms. The van der Waals surface area contributed by atoms with Gasteiger partial charge < -0.3 is 4.74 Å². The molecule has 0 radical (unpaired) electrons. The summed E-state index contributed by atoms with van der Waals surface area (Å²) in [6.07, 6.45) is 0. The van der Waals surface area contributed by atoms with Gasteiger partial charge in [0, 0.05) is 9.85 Å². The fraction of sp³-hybridized carbons (Fsp3) is 0.308. The number of thiazole rings is 1. The first-order chi connectivity index (χ1) is 8.06. The Morgan fingerprint density at radius 3 is 2.41 bits per heavy atom. The van der Waals surface area contributed by atoms with E-state index >= 15 is 0 Å². The van der Waals surface area contributed by atoms with Crippen molar-refractivity contribution in [2.45, 2.75) is 27.4 Å². The monoisotopic (exact) mass is 311 g/mol. The van der Waals surface area contributed by atoms with Crippen LogP contribution in [0, 0.1) is 20.8 Å². The lowest BCUT2D eigenvalue weighted by molar-refractivity contribution is 0.301. The van der Waals surface area contributed by atoms with Crippen LogP contribution in [0.5, 0.6) is 5.75 Å². The van der Waals surface area contributed by atoms with Gasteiger partial charge in [-0.2, -0.15) is 0 Å². The molecule has 4 heteroatoms. The zero-order valence-corrected chi connectivity index (χ0v) is 12.5. The molecule has 1 aromatic heterocycles. The summed E-state index contributed by atoms with van der Waals surface area (Å²) in [5.41, 5.74) is 3.37. The fourth-order valence-electron chi connectivity index (χ4n) is 1.62. The average molecular weight is 312 g/mol. The molecule has 90 valence electrons. The van der Waals surface area contributed by atoms with E-state index in [0.29, 0.717) is 6.61 Å². The van der Waals surface area contributed by atoms with Gasteiger partial charge in [-0.3, -0.25) is 0 Å². The third kappa shape index (κ3) is 3.07. The summed E-state index contributed by atoms with van der Waals surface area (Å²) < 4.78 is 6.89. The predicted octanol–water partition coefficient (Wildman–Crippen LogP) is 4.41. The summed E-state index contributed by atoms with van der Waals surface area (Å²) >= 11 is 5.20. The number of nitrogens with zero attached hydrogens (tertiary/aromatic N) is 1. The van der Waals surface area contributed by atoms with Gasteiger partial charge in [-0.15, -0.1) is 11.3 Å². The molecule has 2 rings (SSSR count). The van der Waals surface area contributed by atoms with Gasteiger partial charge in [0.1, 0.15) is 12.4 Å². The minimum atomic E-state index is 0.533. The van der Waals surface area contributed by atoms with Crippen LogP contribution in [0.15, 0.2) is 22.0 Å². The highest BCUT2D eigenvalue weighted by molar-refractivity contribution is 9.10. The first kappa shape index (κ1) is 12.6. The van der Waals surface area contributed by atoms with Gasteiger partial charge in [0.05, 0.1) is 10.7 Å². The van der Waals surface area contributed by atoms with Crippen LogP contribution in [0.1, 0.15) is 21.8 Å². The molecule has 0 amide bonds. The smallest absolute Gasteiger partial charge is 0.131 e. The second kappa shape index (κ2) is 5.19. The zero-order chi connectivity index (χ0) is 12.4. The molecular formula is C13H14BrNOS. The van der Waals surface area contributed by atoms with E-state index < -0.39 is 0 Å². The van der Waals surface area contributed by atoms with E-state index in [4.69, 9.17) is 4.74 Å². The van der Waals surface area contributed by atoms with Gasteiger partial charge in [0.25, 0.3) is 0 Å². The van der Waals surface area contributed by atoms with E-state index in [-0.39, 0.29) is 0 Å². The minimum Gasteiger partial charge on any atom is -0.487 e. The standard InChI is InChI=1S/C13H14BrNOS/c1-8-4-12(5-9(2)13(8)14)16-6-11-7-17-10(3)15-11/h4-5,7H,6H2,1-3H3. The van der Waals surface area contributed by atoms with Crippen LogP contribution in [0.25, 0.3) is 0 Å². The average Bonchev–Trinajstić information content (AvgIpc) is 2.69. The molecule has 0 saturated carbocycles. The number of hydrogen-bond donors (Lipinski definition) is 0. The van der Waals surface area contributed by atoms with Crippen LogP contribution in [-0.2, 0) is 6.61 Å². The van der Waals surface area contributed by atoms with Crippen molar-refractivity contribution in [3.05, 3.63) is 43.8 Å². The fourth-order valence-corrected chi connectivity index (χ4v) is 2.45. The lowest BCUT2D eigenvalue weighted by atomic mass is 10.1. The Labute approximate surface area is 114 Å². The maximum absolute atomic E-state index is 5.75. The molecule has 0 atom stereocenters. The van der Waals surface area contributed by atoms with E-state index in [1.54, 1.807) is 11.3 Å². The highest BCUT2D eigenvalue weighted by Gasteiger charge is 2.04. The summed E-state index contributed by atoms with van der Waals surface area (Å²) in [5, 5.41) is 3.11. The number of halogens is 1. The van der Waals surface area contributed by atoms with Gasteiger partial charge in [0.15, 0.2) is 0 Å². The first-order valence-corrected chi connectivity index (χ1v) is 7.04. The van der Waals surface area contributed by atoms with E-state index in [1.165, 1.54) is 11.1 Å². The Morgan fingerprint density at radius 2 is 1.88 bits per heavy atom. The maximum atomic E-state index is 5.75. The molecule has 0 aliphatic heterocycles. The molecule has 2 nitrogen and oxygen atoms in total. The van der Waals surface area contributed by atoms with Crippen molar-refractivity contribution in [1.29, 1.82) is 0 Å². The number of rotatable bonds is 3. The van der Waals surface area contributed by atoms with Crippen LogP contribution in [0.4, 0.5) is 0 Å². The topological polar surface area (TPSA) is 22.1 Å². The number of aromatic nitrogens is 1. The SMILES string of the molecule is Cc1nc(COc2cc(C)c(Br)c(C)c2)cs1. The summed E-state index contributed by atoms with van der Waals surface area (Å²) in [4.78, 5) is 4.37. The molecule has 0 aliphatic rings. The molecule has 0 fully saturated rings. The second-order valence-electron chi connectivity index (χ2n) is 4.02. The third-order valence-electron chi connectivity index (χ3n) is 2.46. The van der Waals surface area contributed by atoms with Crippen LogP contribution >= 0.6 is 27.3 Å². The third-order valence-corrected chi connectivity index (χ3v) is 4.54. The molecule has 0 N–H and O–H groups in total. The van der Waals surface area contributed by atoms with E-state index in [2.05, 4.69) is 34.8 Å². The second-order valence-corrected chi connectivity index (χ2v) is 5.87. The molecule has 17 heavy (non-hydrogen) atoms. The summed E-state index contributed by atoms with van der Waals surface area (Å²) in [5.74, 6) is 0.897. The Bertz CT molecular complexity index is 513. The zero-order valence-electron chi connectivity index (χ0n) is 10.1. The van der Waals surface area contributed by atoms with Gasteiger partial charge >= 0.3 is 0 Å². The normalized spacial score (nSPS) is 10.6. The van der Waals surface area contributed by atoms with Crippen molar-refractivity contribution in [3.8, 4) is 5.75 Å². The van der Waals surface area contributed by atoms with Gasteiger partial charge in [0.2, 0.25) is 0 Å². The number of aryl methyl sites for hydroxylation is 3. The summed E-state index contributed by atoms with van der Waals surface area (Å²) in [6.45, 7) is 6.67. The van der Waals surface area contributed by atoms with Crippen molar-refractivity contribution in [2.24, 2.45) is 0 Å².